The Bertz CT molecular complexity index is 3960. The summed E-state index contributed by atoms with van der Waals surface area (Å²) in [6.07, 6.45) is 7.91. The van der Waals surface area contributed by atoms with Gasteiger partial charge in [0.2, 0.25) is 0 Å². The van der Waals surface area contributed by atoms with Gasteiger partial charge in [0.05, 0.1) is 11.4 Å². The van der Waals surface area contributed by atoms with Crippen molar-refractivity contribution in [3.63, 3.8) is 0 Å². The van der Waals surface area contributed by atoms with E-state index < -0.39 is 0 Å². The van der Waals surface area contributed by atoms with Crippen LogP contribution in [-0.2, 0) is 37.3 Å². The molecule has 0 radical (unpaired) electrons. The predicted octanol–water partition coefficient (Wildman–Crippen LogP) is 16.7. The molecule has 0 N–H and O–H groups in total. The number of hydrogen-bond acceptors (Lipinski definition) is 2. The van der Waals surface area contributed by atoms with E-state index in [-0.39, 0.29) is 37.3 Å². The first-order valence-electron chi connectivity index (χ1n) is 26.1. The summed E-state index contributed by atoms with van der Waals surface area (Å²) >= 11 is 0. The Hall–Kier alpha value is -8.37. The molecule has 0 fully saturated rings. The van der Waals surface area contributed by atoms with Crippen LogP contribution >= 0.6 is 0 Å². The van der Waals surface area contributed by atoms with E-state index in [0.29, 0.717) is 11.5 Å². The van der Waals surface area contributed by atoms with E-state index in [2.05, 4.69) is 298 Å². The first kappa shape index (κ1) is 50.8. The van der Waals surface area contributed by atoms with Crippen LogP contribution in [0.1, 0.15) is 74.9 Å². The second-order valence-corrected chi connectivity index (χ2v) is 21.4. The number of pyridine rings is 1. The number of imidazole rings is 1. The number of para-hydroxylation sites is 1. The molecule has 3 heterocycles. The van der Waals surface area contributed by atoms with Crippen LogP contribution in [0.3, 0.4) is 0 Å². The van der Waals surface area contributed by atoms with E-state index in [1.165, 1.54) is 33.4 Å². The maximum Gasteiger partial charge on any atom is 0.267 e. The van der Waals surface area contributed by atoms with Gasteiger partial charge in [-0.15, -0.1) is 35.2 Å². The average molecular weight is 1180 g/mol. The van der Waals surface area contributed by atoms with Gasteiger partial charge in [-0.2, -0.15) is 12.1 Å². The molecule has 9 aromatic carbocycles. The van der Waals surface area contributed by atoms with Gasteiger partial charge in [-0.1, -0.05) is 223 Å². The zero-order valence-electron chi connectivity index (χ0n) is 44.1. The molecule has 12 aromatic rings. The van der Waals surface area contributed by atoms with Crippen molar-refractivity contribution in [2.45, 2.75) is 57.8 Å². The van der Waals surface area contributed by atoms with Crippen molar-refractivity contribution in [3.8, 4) is 51.1 Å². The van der Waals surface area contributed by atoms with E-state index in [9.17, 15) is 0 Å². The van der Waals surface area contributed by atoms with Crippen LogP contribution in [0.25, 0.3) is 61.4 Å². The number of nitrogens with zero attached hydrogens (tertiary/aromatic N) is 4. The van der Waals surface area contributed by atoms with Gasteiger partial charge in [0.15, 0.2) is 0 Å². The molecule has 0 bridgehead atoms. The molecule has 0 spiro atoms. The molecule has 0 aliphatic carbocycles. The number of ether oxygens (including phenoxy) is 1. The van der Waals surface area contributed by atoms with Crippen molar-refractivity contribution in [2.24, 2.45) is 0 Å². The summed E-state index contributed by atoms with van der Waals surface area (Å²) in [5, 5.41) is 2.18. The summed E-state index contributed by atoms with van der Waals surface area (Å²) in [6.45, 7) is 13.8. The molecule has 6 heteroatoms. The van der Waals surface area contributed by atoms with Gasteiger partial charge in [-0.25, -0.2) is 4.98 Å². The Morgan fingerprint density at radius 3 is 1.57 bits per heavy atom. The number of benzene rings is 9. The topological polar surface area (TPSA) is 35.9 Å². The predicted molar refractivity (Wildman–Crippen MR) is 309 cm³/mol. The molecule has 0 atom stereocenters. The van der Waals surface area contributed by atoms with E-state index in [1.54, 1.807) is 0 Å². The van der Waals surface area contributed by atoms with E-state index in [0.717, 1.165) is 61.4 Å². The Labute approximate surface area is 467 Å². The molecule has 0 aliphatic rings. The summed E-state index contributed by atoms with van der Waals surface area (Å²) in [5.74, 6) is 1.93. The van der Waals surface area contributed by atoms with E-state index in [1.807, 2.05) is 18.3 Å². The largest absolute Gasteiger partial charge is 0.510 e. The van der Waals surface area contributed by atoms with Crippen molar-refractivity contribution < 1.29 is 30.4 Å². The van der Waals surface area contributed by atoms with Crippen LogP contribution < -0.4 is 9.30 Å². The van der Waals surface area contributed by atoms with Gasteiger partial charge in [-0.3, -0.25) is 4.57 Å². The van der Waals surface area contributed by atoms with Gasteiger partial charge in [0.1, 0.15) is 5.82 Å². The summed E-state index contributed by atoms with van der Waals surface area (Å²) < 4.78 is 13.4. The Morgan fingerprint density at radius 2 is 0.974 bits per heavy atom. The van der Waals surface area contributed by atoms with Gasteiger partial charge in [0.25, 0.3) is 6.33 Å². The van der Waals surface area contributed by atoms with Crippen molar-refractivity contribution >= 4 is 21.8 Å². The smallest absolute Gasteiger partial charge is 0.267 e. The third kappa shape index (κ3) is 9.66. The minimum absolute atomic E-state index is 0. The van der Waals surface area contributed by atoms with Gasteiger partial charge in [0, 0.05) is 66.7 Å². The molecule has 0 saturated carbocycles. The third-order valence-electron chi connectivity index (χ3n) is 15.5. The molecule has 3 aromatic heterocycles. The quantitative estimate of drug-likeness (QED) is 0.0852. The van der Waals surface area contributed by atoms with Crippen molar-refractivity contribution in [1.82, 2.24) is 14.1 Å². The maximum atomic E-state index is 6.95. The van der Waals surface area contributed by atoms with E-state index >= 15 is 0 Å². The minimum atomic E-state index is -0.312. The Kier molecular flexibility index (Phi) is 13.6. The van der Waals surface area contributed by atoms with Crippen molar-refractivity contribution in [1.29, 1.82) is 0 Å². The molecule has 0 aliphatic heterocycles. The molecule has 0 amide bonds. The van der Waals surface area contributed by atoms with Crippen LogP contribution in [0.15, 0.2) is 243 Å². The summed E-state index contributed by atoms with van der Waals surface area (Å²) in [4.78, 5) is 4.99. The zero-order chi connectivity index (χ0) is 52.0. The number of rotatable bonds is 13. The van der Waals surface area contributed by atoms with Crippen LogP contribution in [0.4, 0.5) is 0 Å². The molecule has 380 valence electrons. The van der Waals surface area contributed by atoms with Crippen molar-refractivity contribution in [2.75, 3.05) is 0 Å². The third-order valence-corrected chi connectivity index (χ3v) is 15.5. The van der Waals surface area contributed by atoms with Gasteiger partial charge in [-0.05, 0) is 85.9 Å². The summed E-state index contributed by atoms with van der Waals surface area (Å²) in [6, 6.07) is 88.9. The van der Waals surface area contributed by atoms with Gasteiger partial charge >= 0.3 is 0 Å². The fraction of sp³-hybridized carbons (Fsp3) is 0.127. The fourth-order valence-corrected chi connectivity index (χ4v) is 10.8. The monoisotopic (exact) mass is 1180 g/mol. The van der Waals surface area contributed by atoms with Gasteiger partial charge < -0.3 is 13.9 Å². The Morgan fingerprint density at radius 1 is 0.442 bits per heavy atom. The molecule has 77 heavy (non-hydrogen) atoms. The fourth-order valence-electron chi connectivity index (χ4n) is 10.8. The molecule has 5 nitrogen and oxygen atoms in total. The molecular formula is C71H58N4OPt-2. The normalized spacial score (nSPS) is 11.9. The van der Waals surface area contributed by atoms with Crippen LogP contribution in [0.5, 0.6) is 11.5 Å². The summed E-state index contributed by atoms with van der Waals surface area (Å²) in [5.41, 5.74) is 14.2. The zero-order valence-corrected chi connectivity index (χ0v) is 46.4. The van der Waals surface area contributed by atoms with E-state index in [4.69, 9.17) is 9.72 Å². The SMILES string of the molecule is CC(C)(c1ccccc1)c1cc(-[n+]2[c-]n(-c3[c-]c(Oc4[c-]c5c(cc4)c4ccccc4n5-c4cc(C(C)(C)c5ccccc5)ccn4)cc(-c4ccccc4)c3)cc2-c2ccccc2)cc(C(C)(C)c2ccccc2)c1.[Pt]. The first-order valence-corrected chi connectivity index (χ1v) is 26.1. The minimum Gasteiger partial charge on any atom is -0.510 e. The second kappa shape index (κ2) is 20.6. The number of fused-ring (bicyclic) bond motifs is 3. The number of hydrogen-bond donors (Lipinski definition) is 0. The number of aromatic nitrogens is 4. The first-order chi connectivity index (χ1) is 36.9. The summed E-state index contributed by atoms with van der Waals surface area (Å²) in [7, 11) is 0. The maximum absolute atomic E-state index is 6.95. The van der Waals surface area contributed by atoms with Crippen LogP contribution in [-0.4, -0.2) is 14.1 Å². The molecule has 0 unspecified atom stereocenters. The second-order valence-electron chi connectivity index (χ2n) is 21.4. The average Bonchev–Trinajstić information content (AvgIpc) is 4.10. The molecule has 0 saturated heterocycles. The Balaban J connectivity index is 0.00000631. The van der Waals surface area contributed by atoms with Crippen LogP contribution in [0.2, 0.25) is 0 Å². The van der Waals surface area contributed by atoms with Crippen molar-refractivity contribution in [3.05, 3.63) is 295 Å². The molecule has 12 rings (SSSR count). The van der Waals surface area contributed by atoms with Crippen LogP contribution in [0, 0.1) is 18.5 Å². The molecular weight excluding hydrogens is 1120 g/mol. The standard InChI is InChI=1S/C71H58N4O.Pt/c1-69(2,53-28-16-9-17-29-53)56-38-39-72-68(45-56)75-65-35-23-22-34-63(65)64-37-36-61(47-66(64)75)76-62-41-52(50-24-12-7-13-25-50)40-59(46-62)73-48-67(51-26-14-8-15-27-51)74(49-73)60-43-57(70(3,4)54-30-18-10-19-31-54)42-58(44-60)71(5,6)55-32-20-11-21-33-55;/h7-45,48H,1-6H3;/q-2;.